The number of hydrogen-bond acceptors (Lipinski definition) is 4. The van der Waals surface area contributed by atoms with Gasteiger partial charge in [0.15, 0.2) is 0 Å². The van der Waals surface area contributed by atoms with Crippen molar-refractivity contribution in [2.24, 2.45) is 5.92 Å². The number of likely N-dealkylation sites (tertiary alicyclic amines) is 1. The number of rotatable bonds is 6. The number of amides is 1. The van der Waals surface area contributed by atoms with Gasteiger partial charge in [-0.3, -0.25) is 9.69 Å². The van der Waals surface area contributed by atoms with E-state index in [4.69, 9.17) is 9.47 Å². The Morgan fingerprint density at radius 1 is 1.15 bits per heavy atom. The van der Waals surface area contributed by atoms with Crippen molar-refractivity contribution in [1.29, 1.82) is 0 Å². The van der Waals surface area contributed by atoms with E-state index in [1.807, 2.05) is 12.1 Å². The molecule has 1 N–H and O–H groups in total. The van der Waals surface area contributed by atoms with Gasteiger partial charge in [-0.15, -0.1) is 0 Å². The maximum absolute atomic E-state index is 12.8. The zero-order valence-electron chi connectivity index (χ0n) is 15.4. The fraction of sp³-hybridized carbons (Fsp3) is 0.381. The average molecular weight is 354 g/mol. The summed E-state index contributed by atoms with van der Waals surface area (Å²) < 4.78 is 10.6. The van der Waals surface area contributed by atoms with Gasteiger partial charge in [0, 0.05) is 19.2 Å². The summed E-state index contributed by atoms with van der Waals surface area (Å²) in [5, 5.41) is 3.02. The van der Waals surface area contributed by atoms with Gasteiger partial charge in [0.25, 0.3) is 0 Å². The van der Waals surface area contributed by atoms with Crippen LogP contribution in [-0.4, -0.2) is 38.1 Å². The molecule has 0 aliphatic carbocycles. The van der Waals surface area contributed by atoms with Crippen molar-refractivity contribution >= 4 is 11.6 Å². The Labute approximate surface area is 154 Å². The van der Waals surface area contributed by atoms with Crippen LogP contribution < -0.4 is 14.8 Å². The fourth-order valence-corrected chi connectivity index (χ4v) is 3.40. The van der Waals surface area contributed by atoms with E-state index in [1.165, 1.54) is 5.56 Å². The molecule has 0 aromatic heterocycles. The first-order valence-corrected chi connectivity index (χ1v) is 8.98. The van der Waals surface area contributed by atoms with Crippen LogP contribution >= 0.6 is 0 Å². The summed E-state index contributed by atoms with van der Waals surface area (Å²) in [5.41, 5.74) is 1.93. The molecule has 3 rings (SSSR count). The first-order valence-electron chi connectivity index (χ1n) is 8.98. The Morgan fingerprint density at radius 3 is 2.69 bits per heavy atom. The zero-order valence-corrected chi connectivity index (χ0v) is 15.4. The predicted octanol–water partition coefficient (Wildman–Crippen LogP) is 3.55. The molecule has 1 aliphatic heterocycles. The molecule has 1 aliphatic rings. The van der Waals surface area contributed by atoms with Gasteiger partial charge < -0.3 is 14.8 Å². The monoisotopic (exact) mass is 354 g/mol. The van der Waals surface area contributed by atoms with E-state index in [0.717, 1.165) is 32.5 Å². The van der Waals surface area contributed by atoms with E-state index in [0.29, 0.717) is 17.2 Å². The molecule has 5 heteroatoms. The summed E-state index contributed by atoms with van der Waals surface area (Å²) in [7, 11) is 3.20. The van der Waals surface area contributed by atoms with Gasteiger partial charge in [0.2, 0.25) is 5.91 Å². The van der Waals surface area contributed by atoms with Crippen LogP contribution in [0.1, 0.15) is 18.4 Å². The standard InChI is InChI=1S/C21H26N2O3/c1-25-18-10-11-20(26-2)19(13-18)22-21(24)17-9-6-12-23(15-17)14-16-7-4-3-5-8-16/h3-5,7-8,10-11,13,17H,6,9,12,14-15H2,1-2H3,(H,22,24)/t17-/m1/s1. The highest BCUT2D eigenvalue weighted by Gasteiger charge is 2.26. The van der Waals surface area contributed by atoms with Crippen molar-refractivity contribution in [3.05, 3.63) is 54.1 Å². The molecule has 0 saturated carbocycles. The van der Waals surface area contributed by atoms with Crippen LogP contribution in [0, 0.1) is 5.92 Å². The Morgan fingerprint density at radius 2 is 1.96 bits per heavy atom. The van der Waals surface area contributed by atoms with E-state index in [1.54, 1.807) is 26.4 Å². The SMILES string of the molecule is COc1ccc(OC)c(NC(=O)[C@@H]2CCCN(Cc3ccccc3)C2)c1. The van der Waals surface area contributed by atoms with Crippen LogP contribution in [0.4, 0.5) is 5.69 Å². The molecule has 0 spiro atoms. The second kappa shape index (κ2) is 8.72. The van der Waals surface area contributed by atoms with Gasteiger partial charge >= 0.3 is 0 Å². The number of carbonyl (C=O) groups is 1. The van der Waals surface area contributed by atoms with Crippen LogP contribution in [0.5, 0.6) is 11.5 Å². The lowest BCUT2D eigenvalue weighted by molar-refractivity contribution is -0.121. The van der Waals surface area contributed by atoms with Crippen molar-refractivity contribution in [3.8, 4) is 11.5 Å². The Hall–Kier alpha value is -2.53. The smallest absolute Gasteiger partial charge is 0.228 e. The highest BCUT2D eigenvalue weighted by molar-refractivity contribution is 5.94. The number of carbonyl (C=O) groups excluding carboxylic acids is 1. The van der Waals surface area contributed by atoms with Crippen LogP contribution in [0.15, 0.2) is 48.5 Å². The zero-order chi connectivity index (χ0) is 18.4. The Balaban J connectivity index is 1.64. The molecular weight excluding hydrogens is 328 g/mol. The van der Waals surface area contributed by atoms with Gasteiger partial charge in [-0.1, -0.05) is 30.3 Å². The molecule has 138 valence electrons. The molecule has 0 bridgehead atoms. The fourth-order valence-electron chi connectivity index (χ4n) is 3.40. The van der Waals surface area contributed by atoms with E-state index in [2.05, 4.69) is 34.5 Å². The first kappa shape index (κ1) is 18.3. The number of benzene rings is 2. The highest BCUT2D eigenvalue weighted by atomic mass is 16.5. The second-order valence-corrected chi connectivity index (χ2v) is 6.62. The summed E-state index contributed by atoms with van der Waals surface area (Å²) in [4.78, 5) is 15.2. The number of hydrogen-bond donors (Lipinski definition) is 1. The maximum Gasteiger partial charge on any atom is 0.228 e. The highest BCUT2D eigenvalue weighted by Crippen LogP contribution is 2.30. The summed E-state index contributed by atoms with van der Waals surface area (Å²) in [6.45, 7) is 2.68. The molecule has 5 nitrogen and oxygen atoms in total. The van der Waals surface area contributed by atoms with Gasteiger partial charge in [-0.05, 0) is 37.1 Å². The molecule has 2 aromatic carbocycles. The first-order chi connectivity index (χ1) is 12.7. The van der Waals surface area contributed by atoms with Crippen LogP contribution in [0.3, 0.4) is 0 Å². The normalized spacial score (nSPS) is 17.5. The molecule has 1 amide bonds. The molecule has 1 heterocycles. The topological polar surface area (TPSA) is 50.8 Å². The minimum atomic E-state index is -0.0247. The van der Waals surface area contributed by atoms with Gasteiger partial charge in [-0.2, -0.15) is 0 Å². The lowest BCUT2D eigenvalue weighted by atomic mass is 9.96. The average Bonchev–Trinajstić information content (AvgIpc) is 2.69. The van der Waals surface area contributed by atoms with Gasteiger partial charge in [0.1, 0.15) is 11.5 Å². The largest absolute Gasteiger partial charge is 0.497 e. The van der Waals surface area contributed by atoms with Crippen LogP contribution in [-0.2, 0) is 11.3 Å². The summed E-state index contributed by atoms with van der Waals surface area (Å²) in [6, 6.07) is 15.8. The van der Waals surface area contributed by atoms with Crippen LogP contribution in [0.25, 0.3) is 0 Å². The van der Waals surface area contributed by atoms with Gasteiger partial charge in [-0.25, -0.2) is 0 Å². The summed E-state index contributed by atoms with van der Waals surface area (Å²) in [5.74, 6) is 1.34. The number of nitrogens with zero attached hydrogens (tertiary/aromatic N) is 1. The number of methoxy groups -OCH3 is 2. The second-order valence-electron chi connectivity index (χ2n) is 6.62. The molecule has 0 radical (unpaired) electrons. The van der Waals surface area contributed by atoms with Crippen molar-refractivity contribution in [1.82, 2.24) is 4.90 Å². The van der Waals surface area contributed by atoms with Crippen LogP contribution in [0.2, 0.25) is 0 Å². The molecule has 1 fully saturated rings. The molecule has 2 aromatic rings. The molecule has 0 unspecified atom stereocenters. The predicted molar refractivity (Wildman–Crippen MR) is 103 cm³/mol. The van der Waals surface area contributed by atoms with Gasteiger partial charge in [0.05, 0.1) is 25.8 Å². The number of anilines is 1. The minimum Gasteiger partial charge on any atom is -0.497 e. The lowest BCUT2D eigenvalue weighted by Gasteiger charge is -2.32. The summed E-state index contributed by atoms with van der Waals surface area (Å²) >= 11 is 0. The third-order valence-corrected chi connectivity index (χ3v) is 4.79. The molecule has 1 saturated heterocycles. The quantitative estimate of drug-likeness (QED) is 0.862. The minimum absolute atomic E-state index is 0.0247. The lowest BCUT2D eigenvalue weighted by Crippen LogP contribution is -2.40. The number of nitrogens with one attached hydrogen (secondary N) is 1. The molecular formula is C21H26N2O3. The third-order valence-electron chi connectivity index (χ3n) is 4.79. The van der Waals surface area contributed by atoms with E-state index < -0.39 is 0 Å². The van der Waals surface area contributed by atoms with E-state index in [-0.39, 0.29) is 11.8 Å². The third kappa shape index (κ3) is 4.55. The maximum atomic E-state index is 12.8. The van der Waals surface area contributed by atoms with Crippen molar-refractivity contribution in [2.45, 2.75) is 19.4 Å². The van der Waals surface area contributed by atoms with E-state index >= 15 is 0 Å². The van der Waals surface area contributed by atoms with Crippen molar-refractivity contribution in [3.63, 3.8) is 0 Å². The van der Waals surface area contributed by atoms with Crippen molar-refractivity contribution in [2.75, 3.05) is 32.6 Å². The molecule has 1 atom stereocenters. The number of ether oxygens (including phenoxy) is 2. The number of piperidine rings is 1. The Kier molecular flexibility index (Phi) is 6.12. The molecule has 26 heavy (non-hydrogen) atoms. The summed E-state index contributed by atoms with van der Waals surface area (Å²) in [6.07, 6.45) is 1.93. The Bertz CT molecular complexity index is 733. The van der Waals surface area contributed by atoms with E-state index in [9.17, 15) is 4.79 Å². The van der Waals surface area contributed by atoms with Crippen molar-refractivity contribution < 1.29 is 14.3 Å².